The van der Waals surface area contributed by atoms with Gasteiger partial charge in [-0.2, -0.15) is 0 Å². The van der Waals surface area contributed by atoms with Crippen molar-refractivity contribution in [3.8, 4) is 0 Å². The Morgan fingerprint density at radius 1 is 1.31 bits per heavy atom. The number of carbonyl (C=O) groups is 1. The number of rotatable bonds is 2. The summed E-state index contributed by atoms with van der Waals surface area (Å²) in [5.74, 6) is -0.516. The molecule has 0 unspecified atom stereocenters. The number of thiophene rings is 1. The topological polar surface area (TPSA) is 17.1 Å². The maximum atomic E-state index is 13.2. The summed E-state index contributed by atoms with van der Waals surface area (Å²) in [6, 6.07) is 6.11. The van der Waals surface area contributed by atoms with Gasteiger partial charge in [-0.1, -0.05) is 0 Å². The second-order valence-electron chi connectivity index (χ2n) is 3.48. The van der Waals surface area contributed by atoms with Crippen molar-refractivity contribution in [3.05, 3.63) is 55.9 Å². The van der Waals surface area contributed by atoms with E-state index in [4.69, 9.17) is 0 Å². The van der Waals surface area contributed by atoms with Crippen LogP contribution < -0.4 is 0 Å². The number of aryl methyl sites for hydroxylation is 1. The minimum atomic E-state index is -0.376. The Morgan fingerprint density at radius 3 is 2.62 bits per heavy atom. The third-order valence-corrected chi connectivity index (χ3v) is 3.79. The lowest BCUT2D eigenvalue weighted by atomic mass is 10.1. The lowest BCUT2D eigenvalue weighted by molar-refractivity contribution is 0.104. The van der Waals surface area contributed by atoms with Crippen molar-refractivity contribution in [3.63, 3.8) is 0 Å². The largest absolute Gasteiger partial charge is 0.288 e. The van der Waals surface area contributed by atoms with Crippen molar-refractivity contribution in [2.24, 2.45) is 0 Å². The average Bonchev–Trinajstić information content (AvgIpc) is 2.62. The summed E-state index contributed by atoms with van der Waals surface area (Å²) in [7, 11) is 0. The van der Waals surface area contributed by atoms with Gasteiger partial charge in [-0.25, -0.2) is 4.39 Å². The smallest absolute Gasteiger partial charge is 0.203 e. The van der Waals surface area contributed by atoms with Gasteiger partial charge in [0.15, 0.2) is 0 Å². The molecular weight excluding hydrogens is 291 g/mol. The normalized spacial score (nSPS) is 10.4. The van der Waals surface area contributed by atoms with E-state index in [1.807, 2.05) is 5.38 Å². The molecule has 0 spiro atoms. The molecule has 2 rings (SSSR count). The van der Waals surface area contributed by atoms with Crippen LogP contribution in [0.2, 0.25) is 0 Å². The molecule has 1 aromatic carbocycles. The van der Waals surface area contributed by atoms with Gasteiger partial charge in [0.1, 0.15) is 5.82 Å². The molecule has 0 saturated carbocycles. The molecule has 4 heteroatoms. The Morgan fingerprint density at radius 2 is 2.06 bits per heavy atom. The van der Waals surface area contributed by atoms with Crippen LogP contribution in [0.3, 0.4) is 0 Å². The summed E-state index contributed by atoms with van der Waals surface area (Å²) in [6.45, 7) is 1.77. The highest BCUT2D eigenvalue weighted by molar-refractivity contribution is 9.10. The van der Waals surface area contributed by atoms with E-state index < -0.39 is 0 Å². The van der Waals surface area contributed by atoms with Crippen LogP contribution in [0.5, 0.6) is 0 Å². The van der Waals surface area contributed by atoms with Gasteiger partial charge in [-0.3, -0.25) is 4.79 Å². The number of hydrogen-bond donors (Lipinski definition) is 0. The molecule has 0 aliphatic carbocycles. The Labute approximate surface area is 105 Å². The van der Waals surface area contributed by atoms with E-state index in [0.29, 0.717) is 10.4 Å². The van der Waals surface area contributed by atoms with Crippen molar-refractivity contribution < 1.29 is 9.18 Å². The average molecular weight is 299 g/mol. The van der Waals surface area contributed by atoms with Crippen molar-refractivity contribution in [2.45, 2.75) is 6.92 Å². The van der Waals surface area contributed by atoms with E-state index in [-0.39, 0.29) is 11.6 Å². The van der Waals surface area contributed by atoms with Crippen LogP contribution in [0.4, 0.5) is 4.39 Å². The Hall–Kier alpha value is -1.000. The molecule has 1 aromatic heterocycles. The number of halogens is 2. The third-order valence-electron chi connectivity index (χ3n) is 2.10. The van der Waals surface area contributed by atoms with Crippen LogP contribution in [-0.4, -0.2) is 5.78 Å². The predicted octanol–water partition coefficient (Wildman–Crippen LogP) is 4.19. The zero-order chi connectivity index (χ0) is 11.7. The molecule has 0 aliphatic rings. The van der Waals surface area contributed by atoms with Crippen molar-refractivity contribution >= 4 is 33.0 Å². The fourth-order valence-electron chi connectivity index (χ4n) is 1.44. The Balaban J connectivity index is 2.41. The van der Waals surface area contributed by atoms with Gasteiger partial charge in [-0.05, 0) is 52.7 Å². The highest BCUT2D eigenvalue weighted by atomic mass is 79.9. The summed E-state index contributed by atoms with van der Waals surface area (Å²) in [5.41, 5.74) is 1.14. The molecule has 0 fully saturated rings. The summed E-state index contributed by atoms with van der Waals surface area (Å²) in [4.78, 5) is 12.6. The van der Waals surface area contributed by atoms with Gasteiger partial charge in [0.05, 0.1) is 4.88 Å². The number of benzene rings is 1. The van der Waals surface area contributed by atoms with Crippen molar-refractivity contribution in [2.75, 3.05) is 0 Å². The summed E-state index contributed by atoms with van der Waals surface area (Å²) >= 11 is 4.63. The van der Waals surface area contributed by atoms with Crippen molar-refractivity contribution in [1.29, 1.82) is 0 Å². The van der Waals surface area contributed by atoms with Crippen LogP contribution in [0.15, 0.2) is 34.1 Å². The maximum absolute atomic E-state index is 13.2. The van der Waals surface area contributed by atoms with Gasteiger partial charge in [-0.15, -0.1) is 11.3 Å². The lowest BCUT2D eigenvalue weighted by Crippen LogP contribution is -1.99. The van der Waals surface area contributed by atoms with E-state index in [9.17, 15) is 9.18 Å². The van der Waals surface area contributed by atoms with Crippen LogP contribution in [0.1, 0.15) is 20.8 Å². The fourth-order valence-corrected chi connectivity index (χ4v) is 2.83. The van der Waals surface area contributed by atoms with Gasteiger partial charge < -0.3 is 0 Å². The number of ketones is 1. The highest BCUT2D eigenvalue weighted by Gasteiger charge is 2.12. The molecule has 0 amide bonds. The molecule has 2 aromatic rings. The first-order valence-electron chi connectivity index (χ1n) is 4.62. The number of hydrogen-bond acceptors (Lipinski definition) is 2. The standard InChI is InChI=1S/C12H8BrFOS/c1-7-2-8(4-10(14)3-7)12(15)11-5-9(13)6-16-11/h2-6H,1H3. The van der Waals surface area contributed by atoms with E-state index in [1.54, 1.807) is 19.1 Å². The number of carbonyl (C=O) groups excluding carboxylic acids is 1. The van der Waals surface area contributed by atoms with Crippen LogP contribution in [-0.2, 0) is 0 Å². The van der Waals surface area contributed by atoms with E-state index >= 15 is 0 Å². The third kappa shape index (κ3) is 2.39. The minimum absolute atomic E-state index is 0.140. The quantitative estimate of drug-likeness (QED) is 0.760. The van der Waals surface area contributed by atoms with Gasteiger partial charge in [0.25, 0.3) is 0 Å². The van der Waals surface area contributed by atoms with E-state index in [0.717, 1.165) is 10.0 Å². The van der Waals surface area contributed by atoms with E-state index in [2.05, 4.69) is 15.9 Å². The molecular formula is C12H8BrFOS. The molecule has 0 N–H and O–H groups in total. The van der Waals surface area contributed by atoms with Gasteiger partial charge >= 0.3 is 0 Å². The Bertz CT molecular complexity index is 527. The van der Waals surface area contributed by atoms with Crippen LogP contribution in [0.25, 0.3) is 0 Å². The minimum Gasteiger partial charge on any atom is -0.288 e. The van der Waals surface area contributed by atoms with Gasteiger partial charge in [0, 0.05) is 15.4 Å². The van der Waals surface area contributed by atoms with Crippen LogP contribution >= 0.6 is 27.3 Å². The molecule has 0 bridgehead atoms. The maximum Gasteiger partial charge on any atom is 0.203 e. The second-order valence-corrected chi connectivity index (χ2v) is 5.30. The lowest BCUT2D eigenvalue weighted by Gasteiger charge is -2.00. The molecule has 0 aliphatic heterocycles. The molecule has 82 valence electrons. The molecule has 16 heavy (non-hydrogen) atoms. The molecule has 1 heterocycles. The van der Waals surface area contributed by atoms with Crippen LogP contribution in [0, 0.1) is 12.7 Å². The first-order chi connectivity index (χ1) is 7.56. The SMILES string of the molecule is Cc1cc(F)cc(C(=O)c2cc(Br)cs2)c1. The van der Waals surface area contributed by atoms with E-state index in [1.165, 1.54) is 23.5 Å². The zero-order valence-corrected chi connectivity index (χ0v) is 10.9. The second kappa shape index (κ2) is 4.47. The first-order valence-corrected chi connectivity index (χ1v) is 6.29. The predicted molar refractivity (Wildman–Crippen MR) is 66.6 cm³/mol. The first kappa shape index (κ1) is 11.5. The molecule has 0 saturated heterocycles. The fraction of sp³-hybridized carbons (Fsp3) is 0.0833. The monoisotopic (exact) mass is 298 g/mol. The summed E-state index contributed by atoms with van der Waals surface area (Å²) < 4.78 is 14.0. The molecule has 0 atom stereocenters. The molecule has 1 nitrogen and oxygen atoms in total. The zero-order valence-electron chi connectivity index (χ0n) is 8.46. The molecule has 0 radical (unpaired) electrons. The Kier molecular flexibility index (Phi) is 3.21. The van der Waals surface area contributed by atoms with Gasteiger partial charge in [0.2, 0.25) is 5.78 Å². The summed E-state index contributed by atoms with van der Waals surface area (Å²) in [5, 5.41) is 1.83. The van der Waals surface area contributed by atoms with Crippen molar-refractivity contribution in [1.82, 2.24) is 0 Å². The highest BCUT2D eigenvalue weighted by Crippen LogP contribution is 2.23. The summed E-state index contributed by atoms with van der Waals surface area (Å²) in [6.07, 6.45) is 0.